The second kappa shape index (κ2) is 5.89. The van der Waals surface area contributed by atoms with Crippen molar-refractivity contribution in [3.05, 3.63) is 83.4 Å². The molecule has 0 saturated carbocycles. The number of hydrogen-bond donors (Lipinski definition) is 0. The predicted molar refractivity (Wildman–Crippen MR) is 107 cm³/mol. The van der Waals surface area contributed by atoms with E-state index >= 15 is 0 Å². The van der Waals surface area contributed by atoms with Gasteiger partial charge in [0.25, 0.3) is 0 Å². The fraction of sp³-hybridized carbons (Fsp3) is 0.174. The summed E-state index contributed by atoms with van der Waals surface area (Å²) in [4.78, 5) is 6.37. The molecule has 1 aliphatic carbocycles. The zero-order valence-electron chi connectivity index (χ0n) is 14.6. The van der Waals surface area contributed by atoms with Crippen molar-refractivity contribution in [1.82, 2.24) is 0 Å². The monoisotopic (exact) mass is 371 g/mol. The molecule has 0 amide bonds. The summed E-state index contributed by atoms with van der Waals surface area (Å²) in [6.07, 6.45) is 1.02. The molecule has 3 nitrogen and oxygen atoms in total. The van der Waals surface area contributed by atoms with Gasteiger partial charge in [0.1, 0.15) is 0 Å². The summed E-state index contributed by atoms with van der Waals surface area (Å²) in [5.74, 6) is 2.03. The lowest BCUT2D eigenvalue weighted by Gasteiger charge is -2.22. The molecule has 0 saturated heterocycles. The van der Waals surface area contributed by atoms with Crippen molar-refractivity contribution in [3.63, 3.8) is 0 Å². The van der Waals surface area contributed by atoms with E-state index in [2.05, 4.69) is 60.7 Å². The highest BCUT2D eigenvalue weighted by atomic mass is 32.2. The summed E-state index contributed by atoms with van der Waals surface area (Å²) in [6.45, 7) is 0.307. The van der Waals surface area contributed by atoms with Gasteiger partial charge in [-0.3, -0.25) is 4.99 Å². The second-order valence-corrected chi connectivity index (χ2v) is 8.27. The number of thioether (sulfide) groups is 1. The van der Waals surface area contributed by atoms with Crippen molar-refractivity contribution in [2.45, 2.75) is 16.6 Å². The van der Waals surface area contributed by atoms with Crippen LogP contribution in [0, 0.1) is 5.92 Å². The van der Waals surface area contributed by atoms with E-state index in [1.807, 2.05) is 17.8 Å². The molecule has 0 fully saturated rings. The Bertz CT molecular complexity index is 1090. The van der Waals surface area contributed by atoms with Crippen LogP contribution < -0.4 is 9.47 Å². The van der Waals surface area contributed by atoms with Crippen LogP contribution in [0.2, 0.25) is 0 Å². The molecule has 4 heteroatoms. The van der Waals surface area contributed by atoms with Gasteiger partial charge in [-0.1, -0.05) is 42.5 Å². The Hall–Kier alpha value is -2.72. The van der Waals surface area contributed by atoms with Gasteiger partial charge < -0.3 is 9.47 Å². The van der Waals surface area contributed by atoms with Gasteiger partial charge >= 0.3 is 0 Å². The lowest BCUT2D eigenvalue weighted by molar-refractivity contribution is 0.174. The third-order valence-electron chi connectivity index (χ3n) is 5.54. The van der Waals surface area contributed by atoms with Crippen LogP contribution >= 0.6 is 11.8 Å². The summed E-state index contributed by atoms with van der Waals surface area (Å²) in [5, 5.41) is 0.286. The van der Waals surface area contributed by atoms with Crippen LogP contribution in [0.5, 0.6) is 11.5 Å². The highest BCUT2D eigenvalue weighted by molar-refractivity contribution is 7.99. The largest absolute Gasteiger partial charge is 0.454 e. The van der Waals surface area contributed by atoms with Gasteiger partial charge in [-0.05, 0) is 47.4 Å². The van der Waals surface area contributed by atoms with Crippen molar-refractivity contribution < 1.29 is 9.47 Å². The van der Waals surface area contributed by atoms with E-state index in [9.17, 15) is 0 Å². The number of aliphatic imine (C=N–C) groups is 1. The lowest BCUT2D eigenvalue weighted by atomic mass is 9.94. The molecule has 0 spiro atoms. The number of fused-ring (bicyclic) bond motifs is 5. The van der Waals surface area contributed by atoms with Gasteiger partial charge in [-0.15, -0.1) is 11.8 Å². The number of benzene rings is 3. The summed E-state index contributed by atoms with van der Waals surface area (Å²) < 4.78 is 11.1. The minimum atomic E-state index is 0.286. The van der Waals surface area contributed by atoms with Crippen molar-refractivity contribution in [2.24, 2.45) is 10.9 Å². The third kappa shape index (κ3) is 2.40. The first-order valence-corrected chi connectivity index (χ1v) is 10.1. The van der Waals surface area contributed by atoms with Gasteiger partial charge in [-0.2, -0.15) is 0 Å². The van der Waals surface area contributed by atoms with Crippen LogP contribution in [-0.4, -0.2) is 12.5 Å². The first-order valence-electron chi connectivity index (χ1n) is 9.19. The van der Waals surface area contributed by atoms with Gasteiger partial charge in [0.15, 0.2) is 11.5 Å². The first kappa shape index (κ1) is 15.3. The number of nitrogens with zero attached hydrogens (tertiary/aromatic N) is 1. The van der Waals surface area contributed by atoms with E-state index in [-0.39, 0.29) is 5.25 Å². The normalized spacial score (nSPS) is 21.7. The number of rotatable bonds is 1. The van der Waals surface area contributed by atoms with E-state index < -0.39 is 0 Å². The second-order valence-electron chi connectivity index (χ2n) is 7.08. The van der Waals surface area contributed by atoms with Crippen molar-refractivity contribution in [1.29, 1.82) is 0 Å². The summed E-state index contributed by atoms with van der Waals surface area (Å²) in [7, 11) is 0. The predicted octanol–water partition coefficient (Wildman–Crippen LogP) is 5.56. The maximum absolute atomic E-state index is 5.64. The van der Waals surface area contributed by atoms with E-state index in [0.29, 0.717) is 12.7 Å². The Morgan fingerprint density at radius 3 is 2.74 bits per heavy atom. The lowest BCUT2D eigenvalue weighted by Crippen LogP contribution is -2.16. The Labute approximate surface area is 162 Å². The minimum absolute atomic E-state index is 0.286. The van der Waals surface area contributed by atoms with Gasteiger partial charge in [0.2, 0.25) is 6.79 Å². The molecule has 0 bridgehead atoms. The molecular formula is C23H17NO2S. The Morgan fingerprint density at radius 1 is 0.889 bits per heavy atom. The molecule has 0 aromatic heterocycles. The van der Waals surface area contributed by atoms with E-state index in [1.54, 1.807) is 0 Å². The van der Waals surface area contributed by atoms with Crippen molar-refractivity contribution >= 4 is 23.2 Å². The number of hydrogen-bond acceptors (Lipinski definition) is 4. The van der Waals surface area contributed by atoms with Crippen LogP contribution in [0.25, 0.3) is 0 Å². The molecule has 3 aromatic rings. The van der Waals surface area contributed by atoms with E-state index in [0.717, 1.165) is 23.6 Å². The Morgan fingerprint density at radius 2 is 1.74 bits per heavy atom. The van der Waals surface area contributed by atoms with E-state index in [1.165, 1.54) is 27.3 Å². The highest BCUT2D eigenvalue weighted by Gasteiger charge is 2.38. The first-order chi connectivity index (χ1) is 13.4. The Kier molecular flexibility index (Phi) is 3.35. The smallest absolute Gasteiger partial charge is 0.231 e. The van der Waals surface area contributed by atoms with Crippen LogP contribution in [0.3, 0.4) is 0 Å². The molecule has 2 heterocycles. The number of ether oxygens (including phenoxy) is 2. The average molecular weight is 371 g/mol. The van der Waals surface area contributed by atoms with Crippen LogP contribution in [-0.2, 0) is 6.42 Å². The topological polar surface area (TPSA) is 30.8 Å². The fourth-order valence-corrected chi connectivity index (χ4v) is 5.60. The molecule has 6 rings (SSSR count). The SMILES string of the molecule is c1ccc2c(c1)CC1C2=Nc2ccccc2SC1c1ccc2c(c1)OCO2. The zero-order valence-corrected chi connectivity index (χ0v) is 15.4. The maximum Gasteiger partial charge on any atom is 0.231 e. The van der Waals surface area contributed by atoms with Crippen LogP contribution in [0.1, 0.15) is 21.9 Å². The third-order valence-corrected chi connectivity index (χ3v) is 6.99. The van der Waals surface area contributed by atoms with Gasteiger partial charge in [0.05, 0.1) is 11.4 Å². The molecule has 27 heavy (non-hydrogen) atoms. The molecule has 2 aliphatic heterocycles. The standard InChI is InChI=1S/C23H17NO2S/c1-2-6-16-14(5-1)11-17-22(16)24-18-7-3-4-8-21(18)27-23(17)15-9-10-19-20(12-15)26-13-25-19/h1-10,12,17,23H,11,13H2. The van der Waals surface area contributed by atoms with Crippen molar-refractivity contribution in [2.75, 3.05) is 6.79 Å². The fourth-order valence-electron chi connectivity index (χ4n) is 4.26. The molecule has 0 N–H and O–H groups in total. The summed E-state index contributed by atoms with van der Waals surface area (Å²) in [5.41, 5.74) is 6.25. The summed E-state index contributed by atoms with van der Waals surface area (Å²) >= 11 is 1.91. The van der Waals surface area contributed by atoms with Crippen molar-refractivity contribution in [3.8, 4) is 11.5 Å². The number of para-hydroxylation sites is 1. The molecule has 0 radical (unpaired) electrons. The molecular weight excluding hydrogens is 354 g/mol. The minimum Gasteiger partial charge on any atom is -0.454 e. The van der Waals surface area contributed by atoms with Gasteiger partial charge in [-0.25, -0.2) is 0 Å². The van der Waals surface area contributed by atoms with Crippen LogP contribution in [0.15, 0.2) is 76.6 Å². The molecule has 3 aliphatic rings. The molecule has 132 valence electrons. The van der Waals surface area contributed by atoms with Gasteiger partial charge in [0, 0.05) is 16.1 Å². The zero-order chi connectivity index (χ0) is 17.8. The molecule has 3 aromatic carbocycles. The van der Waals surface area contributed by atoms with Crippen LogP contribution in [0.4, 0.5) is 5.69 Å². The quantitative estimate of drug-likeness (QED) is 0.561. The maximum atomic E-state index is 5.64. The molecule has 2 atom stereocenters. The molecule has 2 unspecified atom stereocenters. The highest BCUT2D eigenvalue weighted by Crippen LogP contribution is 2.52. The Balaban J connectivity index is 1.53. The summed E-state index contributed by atoms with van der Waals surface area (Å²) in [6, 6.07) is 23.5. The van der Waals surface area contributed by atoms with E-state index in [4.69, 9.17) is 14.5 Å². The average Bonchev–Trinajstić information content (AvgIpc) is 3.28.